The molecule has 1 aromatic heterocycles. The molecule has 1 aliphatic heterocycles. The Kier molecular flexibility index (Phi) is 3.08. The zero-order chi connectivity index (χ0) is 15.8. The number of amides is 3. The number of carbonyl (C=O) groups excluding carboxylic acids is 2. The molecule has 23 heavy (non-hydrogen) atoms. The van der Waals surface area contributed by atoms with Crippen LogP contribution < -0.4 is 5.32 Å². The summed E-state index contributed by atoms with van der Waals surface area (Å²) < 4.78 is 0. The molecule has 0 bridgehead atoms. The largest absolute Gasteiger partial charge is 0.325 e. The van der Waals surface area contributed by atoms with E-state index in [2.05, 4.69) is 15.5 Å². The van der Waals surface area contributed by atoms with Gasteiger partial charge in [0, 0.05) is 6.20 Å². The minimum atomic E-state index is -0.656. The molecule has 2 heterocycles. The first-order chi connectivity index (χ1) is 11.2. The number of rotatable bonds is 3. The van der Waals surface area contributed by atoms with Gasteiger partial charge in [0.1, 0.15) is 6.04 Å². The zero-order valence-electron chi connectivity index (χ0n) is 12.2. The number of hydrogen-bond donors (Lipinski definition) is 2. The fourth-order valence-electron chi connectivity index (χ4n) is 2.92. The Bertz CT molecular complexity index is 883. The van der Waals surface area contributed by atoms with Crippen molar-refractivity contribution in [1.29, 1.82) is 0 Å². The van der Waals surface area contributed by atoms with E-state index in [1.807, 2.05) is 42.5 Å². The molecular weight excluding hydrogens is 292 g/mol. The number of carbonyl (C=O) groups is 2. The average Bonchev–Trinajstić information content (AvgIpc) is 3.18. The summed E-state index contributed by atoms with van der Waals surface area (Å²) in [5.74, 6) is -0.249. The highest BCUT2D eigenvalue weighted by Gasteiger charge is 2.39. The summed E-state index contributed by atoms with van der Waals surface area (Å²) >= 11 is 0. The second-order valence-electron chi connectivity index (χ2n) is 5.46. The molecule has 3 amide bonds. The van der Waals surface area contributed by atoms with Crippen LogP contribution in [0.4, 0.5) is 4.79 Å². The van der Waals surface area contributed by atoms with Gasteiger partial charge in [-0.1, -0.05) is 42.5 Å². The molecule has 1 aliphatic rings. The van der Waals surface area contributed by atoms with Crippen LogP contribution in [0.1, 0.15) is 17.3 Å². The lowest BCUT2D eigenvalue weighted by molar-refractivity contribution is -0.128. The van der Waals surface area contributed by atoms with E-state index in [0.29, 0.717) is 5.69 Å². The maximum absolute atomic E-state index is 12.7. The maximum atomic E-state index is 12.7. The lowest BCUT2D eigenvalue weighted by Crippen LogP contribution is -2.30. The number of imide groups is 1. The van der Waals surface area contributed by atoms with Crippen LogP contribution in [0.5, 0.6) is 0 Å². The van der Waals surface area contributed by atoms with Gasteiger partial charge in [-0.15, -0.1) is 0 Å². The molecule has 1 atom stereocenters. The Hall–Kier alpha value is -3.15. The number of benzene rings is 2. The van der Waals surface area contributed by atoms with Gasteiger partial charge in [-0.2, -0.15) is 5.10 Å². The number of aromatic nitrogens is 2. The van der Waals surface area contributed by atoms with Crippen LogP contribution in [0.15, 0.2) is 54.7 Å². The molecule has 3 aromatic rings. The number of aromatic amines is 1. The average molecular weight is 306 g/mol. The summed E-state index contributed by atoms with van der Waals surface area (Å²) in [5, 5.41) is 11.4. The number of nitrogens with one attached hydrogen (secondary N) is 2. The van der Waals surface area contributed by atoms with Crippen molar-refractivity contribution in [1.82, 2.24) is 20.4 Å². The monoisotopic (exact) mass is 306 g/mol. The molecule has 2 N–H and O–H groups in total. The van der Waals surface area contributed by atoms with E-state index in [1.165, 1.54) is 4.90 Å². The predicted molar refractivity (Wildman–Crippen MR) is 84.4 cm³/mol. The summed E-state index contributed by atoms with van der Waals surface area (Å²) in [4.78, 5) is 26.1. The van der Waals surface area contributed by atoms with Crippen LogP contribution in [0, 0.1) is 0 Å². The molecule has 0 aliphatic carbocycles. The molecule has 1 fully saturated rings. The van der Waals surface area contributed by atoms with Gasteiger partial charge in [-0.05, 0) is 22.4 Å². The third kappa shape index (κ3) is 2.24. The summed E-state index contributed by atoms with van der Waals surface area (Å²) in [7, 11) is 0. The number of fused-ring (bicyclic) bond motifs is 1. The van der Waals surface area contributed by atoms with Crippen molar-refractivity contribution in [3.63, 3.8) is 0 Å². The van der Waals surface area contributed by atoms with Gasteiger partial charge in [0.2, 0.25) is 0 Å². The highest BCUT2D eigenvalue weighted by Crippen LogP contribution is 2.29. The zero-order valence-corrected chi connectivity index (χ0v) is 12.2. The molecule has 1 unspecified atom stereocenters. The molecular formula is C17H14N4O2. The number of urea groups is 1. The maximum Gasteiger partial charge on any atom is 0.325 e. The number of nitrogens with zero attached hydrogens (tertiary/aromatic N) is 2. The second-order valence-corrected chi connectivity index (χ2v) is 5.46. The Labute approximate surface area is 132 Å². The summed E-state index contributed by atoms with van der Waals surface area (Å²) in [6, 6.07) is 14.3. The highest BCUT2D eigenvalue weighted by atomic mass is 16.2. The van der Waals surface area contributed by atoms with Crippen LogP contribution in [-0.4, -0.2) is 27.0 Å². The molecule has 6 nitrogen and oxygen atoms in total. The third-order valence-corrected chi connectivity index (χ3v) is 4.05. The standard InChI is InChI=1S/C17H14N4O2/c22-16-15(14-7-3-5-11-4-1-2-6-13(11)14)19-17(23)21(16)10-12-8-9-18-20-12/h1-9,15H,10H2,(H,18,20)(H,19,23). The Morgan fingerprint density at radius 1 is 1.04 bits per heavy atom. The number of hydrogen-bond acceptors (Lipinski definition) is 3. The fourth-order valence-corrected chi connectivity index (χ4v) is 2.92. The van der Waals surface area contributed by atoms with Crippen LogP contribution in [-0.2, 0) is 11.3 Å². The first-order valence-electron chi connectivity index (χ1n) is 7.32. The molecule has 0 radical (unpaired) electrons. The predicted octanol–water partition coefficient (Wildman–Crippen LogP) is 2.36. The van der Waals surface area contributed by atoms with Crippen LogP contribution in [0.2, 0.25) is 0 Å². The van der Waals surface area contributed by atoms with E-state index >= 15 is 0 Å². The van der Waals surface area contributed by atoms with Gasteiger partial charge in [0.15, 0.2) is 0 Å². The fraction of sp³-hybridized carbons (Fsp3) is 0.118. The van der Waals surface area contributed by atoms with E-state index in [4.69, 9.17) is 0 Å². The second kappa shape index (κ2) is 5.24. The van der Waals surface area contributed by atoms with E-state index in [-0.39, 0.29) is 18.5 Å². The van der Waals surface area contributed by atoms with Crippen LogP contribution in [0.25, 0.3) is 10.8 Å². The van der Waals surface area contributed by atoms with Crippen molar-refractivity contribution < 1.29 is 9.59 Å². The summed E-state index contributed by atoms with van der Waals surface area (Å²) in [5.41, 5.74) is 1.53. The van der Waals surface area contributed by atoms with Crippen molar-refractivity contribution in [2.24, 2.45) is 0 Å². The molecule has 4 rings (SSSR count). The van der Waals surface area contributed by atoms with Gasteiger partial charge in [0.25, 0.3) is 5.91 Å². The Balaban J connectivity index is 1.70. The van der Waals surface area contributed by atoms with Gasteiger partial charge < -0.3 is 5.32 Å². The smallest absolute Gasteiger partial charge is 0.322 e. The summed E-state index contributed by atoms with van der Waals surface area (Å²) in [6.07, 6.45) is 1.59. The van der Waals surface area contributed by atoms with E-state index < -0.39 is 6.04 Å². The molecule has 0 spiro atoms. The lowest BCUT2D eigenvalue weighted by atomic mass is 9.99. The third-order valence-electron chi connectivity index (χ3n) is 4.05. The van der Waals surface area contributed by atoms with Gasteiger partial charge in [-0.3, -0.25) is 14.8 Å². The first-order valence-corrected chi connectivity index (χ1v) is 7.32. The van der Waals surface area contributed by atoms with E-state index in [1.54, 1.807) is 12.3 Å². The Morgan fingerprint density at radius 3 is 2.70 bits per heavy atom. The lowest BCUT2D eigenvalue weighted by Gasteiger charge is -2.13. The van der Waals surface area contributed by atoms with Crippen molar-refractivity contribution >= 4 is 22.7 Å². The van der Waals surface area contributed by atoms with Crippen LogP contribution in [0.3, 0.4) is 0 Å². The van der Waals surface area contributed by atoms with E-state index in [9.17, 15) is 9.59 Å². The minimum absolute atomic E-state index is 0.186. The highest BCUT2D eigenvalue weighted by molar-refractivity contribution is 6.06. The van der Waals surface area contributed by atoms with Gasteiger partial charge in [-0.25, -0.2) is 4.79 Å². The summed E-state index contributed by atoms with van der Waals surface area (Å²) in [6.45, 7) is 0.186. The molecule has 1 saturated heterocycles. The molecule has 2 aromatic carbocycles. The Morgan fingerprint density at radius 2 is 1.87 bits per heavy atom. The van der Waals surface area contributed by atoms with Crippen LogP contribution >= 0.6 is 0 Å². The van der Waals surface area contributed by atoms with Crippen molar-refractivity contribution in [3.8, 4) is 0 Å². The molecule has 6 heteroatoms. The quantitative estimate of drug-likeness (QED) is 0.729. The van der Waals surface area contributed by atoms with Crippen molar-refractivity contribution in [2.45, 2.75) is 12.6 Å². The SMILES string of the molecule is O=C1NC(c2cccc3ccccc23)C(=O)N1Cc1ccn[nH]1. The first kappa shape index (κ1) is 13.5. The molecule has 0 saturated carbocycles. The number of H-pyrrole nitrogens is 1. The van der Waals surface area contributed by atoms with Crippen molar-refractivity contribution in [2.75, 3.05) is 0 Å². The van der Waals surface area contributed by atoms with E-state index in [0.717, 1.165) is 16.3 Å². The normalized spacial score (nSPS) is 17.7. The van der Waals surface area contributed by atoms with Gasteiger partial charge >= 0.3 is 6.03 Å². The topological polar surface area (TPSA) is 78.1 Å². The van der Waals surface area contributed by atoms with Gasteiger partial charge in [0.05, 0.1) is 12.2 Å². The van der Waals surface area contributed by atoms with Crippen molar-refractivity contribution in [3.05, 3.63) is 66.0 Å². The molecule has 114 valence electrons. The minimum Gasteiger partial charge on any atom is -0.322 e.